The molecule has 154 valence electrons. The Hall–Kier alpha value is -2.49. The van der Waals surface area contributed by atoms with Crippen molar-refractivity contribution in [2.75, 3.05) is 18.0 Å². The Morgan fingerprint density at radius 2 is 2.13 bits per heavy atom. The molecule has 0 saturated carbocycles. The number of aromatic amines is 1. The number of anilines is 1. The van der Waals surface area contributed by atoms with Crippen LogP contribution in [0.15, 0.2) is 34.7 Å². The van der Waals surface area contributed by atoms with Crippen LogP contribution in [0.25, 0.3) is 22.2 Å². The molecule has 10 heteroatoms. The molecule has 4 aromatic rings. The lowest BCUT2D eigenvalue weighted by atomic mass is 10.1. The first-order valence-corrected chi connectivity index (χ1v) is 11.1. The van der Waals surface area contributed by atoms with E-state index in [1.807, 2.05) is 13.0 Å². The van der Waals surface area contributed by atoms with E-state index in [9.17, 15) is 5.11 Å². The number of piperidine rings is 1. The number of pyridine rings is 1. The summed E-state index contributed by atoms with van der Waals surface area (Å²) in [6, 6.07) is 1.93. The first-order valence-electron chi connectivity index (χ1n) is 9.88. The number of nitrogens with zero attached hydrogens (tertiary/aromatic N) is 6. The number of halogens is 1. The number of fused-ring (bicyclic) bond motifs is 2. The van der Waals surface area contributed by atoms with Gasteiger partial charge in [-0.2, -0.15) is 0 Å². The summed E-state index contributed by atoms with van der Waals surface area (Å²) in [7, 11) is 0. The highest BCUT2D eigenvalue weighted by molar-refractivity contribution is 7.99. The lowest BCUT2D eigenvalue weighted by molar-refractivity contribution is 0.154. The van der Waals surface area contributed by atoms with Gasteiger partial charge in [0, 0.05) is 42.3 Å². The Balaban J connectivity index is 1.59. The Morgan fingerprint density at radius 3 is 2.97 bits per heavy atom. The van der Waals surface area contributed by atoms with Gasteiger partial charge in [0.05, 0.1) is 16.5 Å². The second kappa shape index (κ2) is 7.98. The maximum absolute atomic E-state index is 10.2. The summed E-state index contributed by atoms with van der Waals surface area (Å²) in [5.41, 5.74) is 2.96. The molecule has 0 bridgehead atoms. The first kappa shape index (κ1) is 19.5. The second-order valence-corrected chi connectivity index (χ2v) is 8.66. The lowest BCUT2D eigenvalue weighted by Gasteiger charge is -2.31. The summed E-state index contributed by atoms with van der Waals surface area (Å²) < 4.78 is 0. The number of β-amino-alcohol motifs (C(OH)–C–C–N with tert-alkyl or cyclic N) is 1. The largest absolute Gasteiger partial charge is 0.391 e. The summed E-state index contributed by atoms with van der Waals surface area (Å²) in [6.45, 7) is 3.40. The van der Waals surface area contributed by atoms with E-state index in [1.54, 1.807) is 18.6 Å². The quantitative estimate of drug-likeness (QED) is 0.463. The van der Waals surface area contributed by atoms with Gasteiger partial charge in [0.1, 0.15) is 17.0 Å². The number of hydrogen-bond acceptors (Lipinski definition) is 8. The zero-order valence-corrected chi connectivity index (χ0v) is 17.9. The molecule has 5 rings (SSSR count). The van der Waals surface area contributed by atoms with Crippen molar-refractivity contribution in [3.8, 4) is 0 Å². The van der Waals surface area contributed by atoms with E-state index in [2.05, 4.69) is 24.8 Å². The Bertz CT molecular complexity index is 1230. The van der Waals surface area contributed by atoms with Crippen molar-refractivity contribution >= 4 is 51.4 Å². The van der Waals surface area contributed by atoms with Gasteiger partial charge in [0.15, 0.2) is 10.8 Å². The predicted molar refractivity (Wildman–Crippen MR) is 117 cm³/mol. The van der Waals surface area contributed by atoms with Crippen LogP contribution in [-0.2, 0) is 6.42 Å². The van der Waals surface area contributed by atoms with Gasteiger partial charge in [0.25, 0.3) is 0 Å². The smallest absolute Gasteiger partial charge is 0.196 e. The fraction of sp³-hybridized carbons (Fsp3) is 0.350. The van der Waals surface area contributed by atoms with Crippen molar-refractivity contribution in [3.05, 3.63) is 35.4 Å². The fourth-order valence-corrected chi connectivity index (χ4v) is 4.85. The minimum absolute atomic E-state index is 0.369. The minimum atomic E-state index is -0.369. The zero-order chi connectivity index (χ0) is 20.7. The number of aryl methyl sites for hydroxylation is 1. The van der Waals surface area contributed by atoms with Gasteiger partial charge in [-0.25, -0.2) is 19.9 Å². The monoisotopic (exact) mass is 441 g/mol. The average Bonchev–Trinajstić information content (AvgIpc) is 3.08. The van der Waals surface area contributed by atoms with E-state index in [-0.39, 0.29) is 6.10 Å². The molecule has 0 aliphatic carbocycles. The van der Waals surface area contributed by atoms with Crippen molar-refractivity contribution < 1.29 is 5.11 Å². The van der Waals surface area contributed by atoms with Crippen molar-refractivity contribution in [2.45, 2.75) is 42.3 Å². The lowest BCUT2D eigenvalue weighted by Crippen LogP contribution is -2.38. The van der Waals surface area contributed by atoms with Crippen LogP contribution in [0.5, 0.6) is 0 Å². The van der Waals surface area contributed by atoms with Crippen molar-refractivity contribution in [1.82, 2.24) is 29.9 Å². The molecule has 1 atom stereocenters. The third kappa shape index (κ3) is 3.57. The number of hydrogen-bond donors (Lipinski definition) is 2. The minimum Gasteiger partial charge on any atom is -0.391 e. The van der Waals surface area contributed by atoms with Gasteiger partial charge in [-0.1, -0.05) is 18.5 Å². The maximum Gasteiger partial charge on any atom is 0.196 e. The Morgan fingerprint density at radius 1 is 1.27 bits per heavy atom. The van der Waals surface area contributed by atoms with E-state index in [0.717, 1.165) is 53.1 Å². The molecule has 1 unspecified atom stereocenters. The number of nitrogens with one attached hydrogen (secondary N) is 1. The van der Waals surface area contributed by atoms with Crippen LogP contribution in [0.3, 0.4) is 0 Å². The van der Waals surface area contributed by atoms with Crippen molar-refractivity contribution in [3.63, 3.8) is 0 Å². The standard InChI is InChI=1S/C20H20ClN7OS/c1-2-13-16(21)15-18(25-13)26-20(27-19(15)28-7-3-4-11(29)10-28)30-12-8-14-17(24-9-12)23-6-5-22-14/h5-6,8-9,11,29H,2-4,7,10H2,1H3,(H,25,26,27). The van der Waals surface area contributed by atoms with Crippen LogP contribution < -0.4 is 4.90 Å². The third-order valence-electron chi connectivity index (χ3n) is 5.18. The molecule has 0 radical (unpaired) electrons. The molecule has 4 aromatic heterocycles. The fourth-order valence-electron chi connectivity index (χ4n) is 3.74. The summed E-state index contributed by atoms with van der Waals surface area (Å²) in [4.78, 5) is 28.8. The van der Waals surface area contributed by atoms with Crippen molar-refractivity contribution in [1.29, 1.82) is 0 Å². The van der Waals surface area contributed by atoms with Crippen LogP contribution in [0.4, 0.5) is 5.82 Å². The summed E-state index contributed by atoms with van der Waals surface area (Å²) in [5.74, 6) is 0.760. The molecule has 0 amide bonds. The van der Waals surface area contributed by atoms with Gasteiger partial charge in [-0.05, 0) is 37.1 Å². The molecule has 1 fully saturated rings. The zero-order valence-electron chi connectivity index (χ0n) is 16.3. The van der Waals surface area contributed by atoms with Gasteiger partial charge in [0.2, 0.25) is 0 Å². The van der Waals surface area contributed by atoms with Crippen LogP contribution >= 0.6 is 23.4 Å². The molecule has 1 saturated heterocycles. The number of aliphatic hydroxyl groups excluding tert-OH is 1. The molecular weight excluding hydrogens is 422 g/mol. The Kier molecular flexibility index (Phi) is 5.18. The SMILES string of the molecule is CCc1[nH]c2nc(Sc3cnc4nccnc4c3)nc(N3CCCC(O)C3)c2c1Cl. The maximum atomic E-state index is 10.2. The molecule has 1 aliphatic heterocycles. The molecule has 2 N–H and O–H groups in total. The highest BCUT2D eigenvalue weighted by atomic mass is 35.5. The number of rotatable bonds is 4. The number of H-pyrrole nitrogens is 1. The summed E-state index contributed by atoms with van der Waals surface area (Å²) >= 11 is 8.08. The van der Waals surface area contributed by atoms with E-state index >= 15 is 0 Å². The van der Waals surface area contributed by atoms with Crippen LogP contribution in [0.1, 0.15) is 25.5 Å². The van der Waals surface area contributed by atoms with Gasteiger partial charge < -0.3 is 15.0 Å². The molecule has 1 aliphatic rings. The van der Waals surface area contributed by atoms with Gasteiger partial charge in [-0.3, -0.25) is 4.98 Å². The topological polar surface area (TPSA) is 104 Å². The Labute approximate surface area is 182 Å². The first-order chi connectivity index (χ1) is 14.6. The van der Waals surface area contributed by atoms with Gasteiger partial charge in [-0.15, -0.1) is 0 Å². The molecular formula is C20H20ClN7OS. The highest BCUT2D eigenvalue weighted by Gasteiger charge is 2.25. The van der Waals surface area contributed by atoms with E-state index in [1.165, 1.54) is 11.8 Å². The van der Waals surface area contributed by atoms with Crippen molar-refractivity contribution in [2.24, 2.45) is 0 Å². The highest BCUT2D eigenvalue weighted by Crippen LogP contribution is 2.37. The molecule has 0 aromatic carbocycles. The molecule has 8 nitrogen and oxygen atoms in total. The normalized spacial score (nSPS) is 17.2. The van der Waals surface area contributed by atoms with Crippen LogP contribution in [0, 0.1) is 0 Å². The number of aliphatic hydroxyl groups is 1. The average molecular weight is 442 g/mol. The van der Waals surface area contributed by atoms with E-state index < -0.39 is 0 Å². The predicted octanol–water partition coefficient (Wildman–Crippen LogP) is 3.62. The molecule has 0 spiro atoms. The third-order valence-corrected chi connectivity index (χ3v) is 6.42. The molecule has 30 heavy (non-hydrogen) atoms. The molecule has 5 heterocycles. The van der Waals surface area contributed by atoms with E-state index in [0.29, 0.717) is 28.0 Å². The second-order valence-electron chi connectivity index (χ2n) is 7.24. The van der Waals surface area contributed by atoms with E-state index in [4.69, 9.17) is 21.6 Å². The van der Waals surface area contributed by atoms with Gasteiger partial charge >= 0.3 is 0 Å². The number of aromatic nitrogens is 6. The summed E-state index contributed by atoms with van der Waals surface area (Å²) in [6.07, 6.45) is 7.13. The summed E-state index contributed by atoms with van der Waals surface area (Å²) in [5, 5.41) is 12.2. The van der Waals surface area contributed by atoms with Crippen LogP contribution in [-0.4, -0.2) is 54.2 Å². The van der Waals surface area contributed by atoms with Crippen LogP contribution in [0.2, 0.25) is 5.02 Å².